The Hall–Kier alpha value is -2.64. The van der Waals surface area contributed by atoms with E-state index in [4.69, 9.17) is 16.3 Å². The van der Waals surface area contributed by atoms with Gasteiger partial charge in [-0.2, -0.15) is 0 Å². The largest absolute Gasteiger partial charge is 0.381 e. The summed E-state index contributed by atoms with van der Waals surface area (Å²) >= 11 is 6.28. The van der Waals surface area contributed by atoms with E-state index < -0.39 is 0 Å². The molecule has 3 heterocycles. The van der Waals surface area contributed by atoms with Gasteiger partial charge in [-0.15, -0.1) is 0 Å². The predicted molar refractivity (Wildman–Crippen MR) is 102 cm³/mol. The fourth-order valence-electron chi connectivity index (χ4n) is 3.26. The van der Waals surface area contributed by atoms with Crippen LogP contribution in [0.2, 0.25) is 5.02 Å². The second-order valence-electron chi connectivity index (χ2n) is 6.58. The quantitative estimate of drug-likeness (QED) is 0.749. The molecule has 7 nitrogen and oxygen atoms in total. The Morgan fingerprint density at radius 2 is 2.00 bits per heavy atom. The zero-order valence-electron chi connectivity index (χ0n) is 14.8. The minimum absolute atomic E-state index is 0.0672. The lowest BCUT2D eigenvalue weighted by molar-refractivity contribution is 0.0694. The maximum absolute atomic E-state index is 12.7. The maximum Gasteiger partial charge on any atom is 0.294 e. The third-order valence-corrected chi connectivity index (χ3v) is 5.12. The highest BCUT2D eigenvalue weighted by Crippen LogP contribution is 2.26. The van der Waals surface area contributed by atoms with Crippen molar-refractivity contribution in [2.45, 2.75) is 18.9 Å². The molecule has 0 unspecified atom stereocenters. The molecule has 0 radical (unpaired) electrons. The summed E-state index contributed by atoms with van der Waals surface area (Å²) in [6.45, 7) is 1.27. The van der Waals surface area contributed by atoms with Crippen molar-refractivity contribution in [2.75, 3.05) is 13.2 Å². The molecule has 0 aliphatic carbocycles. The number of fused-ring (bicyclic) bond motifs is 1. The van der Waals surface area contributed by atoms with Crippen LogP contribution in [-0.2, 0) is 11.8 Å². The zero-order chi connectivity index (χ0) is 19.0. The van der Waals surface area contributed by atoms with Crippen molar-refractivity contribution in [1.29, 1.82) is 0 Å². The summed E-state index contributed by atoms with van der Waals surface area (Å²) in [6, 6.07) is 7.37. The number of carbonyl (C=O) groups excluding carboxylic acids is 1. The Morgan fingerprint density at radius 3 is 2.74 bits per heavy atom. The van der Waals surface area contributed by atoms with Crippen LogP contribution >= 0.6 is 11.6 Å². The Labute approximate surface area is 160 Å². The van der Waals surface area contributed by atoms with Gasteiger partial charge in [0.05, 0.1) is 5.69 Å². The van der Waals surface area contributed by atoms with E-state index in [-0.39, 0.29) is 28.8 Å². The van der Waals surface area contributed by atoms with Gasteiger partial charge in [-0.3, -0.25) is 14.0 Å². The normalized spacial score (nSPS) is 15.2. The van der Waals surface area contributed by atoms with E-state index in [1.54, 1.807) is 29.9 Å². The van der Waals surface area contributed by atoms with Crippen LogP contribution in [0.25, 0.3) is 16.9 Å². The Kier molecular flexibility index (Phi) is 4.72. The molecule has 4 rings (SSSR count). The molecule has 1 fully saturated rings. The standard InChI is InChI=1S/C19H19ClN4O3/c1-23-16(13-4-2-3-5-14(13)20)11-24-10-15(22-17(24)19(23)26)18(25)21-12-6-8-27-9-7-12/h2-5,10-12H,6-9H2,1H3,(H,21,25). The first-order valence-corrected chi connectivity index (χ1v) is 9.14. The van der Waals surface area contributed by atoms with Gasteiger partial charge >= 0.3 is 0 Å². The monoisotopic (exact) mass is 386 g/mol. The van der Waals surface area contributed by atoms with Crippen LogP contribution in [0.15, 0.2) is 41.5 Å². The highest BCUT2D eigenvalue weighted by atomic mass is 35.5. The molecule has 0 saturated carbocycles. The number of carbonyl (C=O) groups is 1. The maximum atomic E-state index is 12.7. The third kappa shape index (κ3) is 3.36. The Morgan fingerprint density at radius 1 is 1.26 bits per heavy atom. The van der Waals surface area contributed by atoms with Crippen LogP contribution < -0.4 is 10.9 Å². The number of hydrogen-bond acceptors (Lipinski definition) is 4. The van der Waals surface area contributed by atoms with E-state index in [2.05, 4.69) is 10.3 Å². The molecule has 3 aromatic rings. The van der Waals surface area contributed by atoms with Crippen LogP contribution in [0.1, 0.15) is 23.3 Å². The summed E-state index contributed by atoms with van der Waals surface area (Å²) in [6.07, 6.45) is 4.89. The molecule has 1 aliphatic heterocycles. The van der Waals surface area contributed by atoms with Crippen molar-refractivity contribution >= 4 is 23.2 Å². The number of halogens is 1. The smallest absolute Gasteiger partial charge is 0.294 e. The number of hydrogen-bond donors (Lipinski definition) is 1. The average Bonchev–Trinajstić information content (AvgIpc) is 3.11. The van der Waals surface area contributed by atoms with Crippen LogP contribution in [0.4, 0.5) is 0 Å². The first-order valence-electron chi connectivity index (χ1n) is 8.77. The molecule has 1 saturated heterocycles. The molecule has 1 aliphatic rings. The summed E-state index contributed by atoms with van der Waals surface area (Å²) in [5.41, 5.74) is 1.51. The summed E-state index contributed by atoms with van der Waals surface area (Å²) in [4.78, 5) is 29.5. The second kappa shape index (κ2) is 7.17. The fourth-order valence-corrected chi connectivity index (χ4v) is 3.49. The molecule has 27 heavy (non-hydrogen) atoms. The van der Waals surface area contributed by atoms with Crippen molar-refractivity contribution in [3.63, 3.8) is 0 Å². The van der Waals surface area contributed by atoms with Gasteiger partial charge in [-0.05, 0) is 18.9 Å². The highest BCUT2D eigenvalue weighted by Gasteiger charge is 2.20. The molecule has 0 spiro atoms. The van der Waals surface area contributed by atoms with Gasteiger partial charge in [-0.25, -0.2) is 4.98 Å². The summed E-state index contributed by atoms with van der Waals surface area (Å²) in [7, 11) is 1.66. The van der Waals surface area contributed by atoms with Crippen molar-refractivity contribution in [3.05, 3.63) is 57.7 Å². The van der Waals surface area contributed by atoms with E-state index in [9.17, 15) is 9.59 Å². The summed E-state index contributed by atoms with van der Waals surface area (Å²) < 4.78 is 8.38. The van der Waals surface area contributed by atoms with E-state index in [1.165, 1.54) is 4.57 Å². The van der Waals surface area contributed by atoms with E-state index in [0.29, 0.717) is 23.9 Å². The molecular formula is C19H19ClN4O3. The average molecular weight is 387 g/mol. The van der Waals surface area contributed by atoms with Crippen LogP contribution in [0, 0.1) is 0 Å². The topological polar surface area (TPSA) is 77.6 Å². The van der Waals surface area contributed by atoms with Gasteiger partial charge in [-0.1, -0.05) is 29.8 Å². The summed E-state index contributed by atoms with van der Waals surface area (Å²) in [5.74, 6) is -0.285. The molecule has 8 heteroatoms. The minimum atomic E-state index is -0.294. The van der Waals surface area contributed by atoms with Crippen molar-refractivity contribution < 1.29 is 9.53 Å². The number of imidazole rings is 1. The SMILES string of the molecule is Cn1c(-c2ccccc2Cl)cn2cc(C(=O)NC3CCOCC3)nc2c1=O. The van der Waals surface area contributed by atoms with Crippen LogP contribution in [0.3, 0.4) is 0 Å². The lowest BCUT2D eigenvalue weighted by atomic mass is 10.1. The Balaban J connectivity index is 1.72. The predicted octanol–water partition coefficient (Wildman–Crippen LogP) is 2.26. The molecule has 2 aromatic heterocycles. The molecule has 1 aromatic carbocycles. The van der Waals surface area contributed by atoms with Gasteiger partial charge < -0.3 is 14.6 Å². The molecule has 1 amide bonds. The molecule has 140 valence electrons. The van der Waals surface area contributed by atoms with E-state index in [1.807, 2.05) is 18.2 Å². The number of nitrogens with one attached hydrogen (secondary N) is 1. The zero-order valence-corrected chi connectivity index (χ0v) is 15.6. The Bertz CT molecular complexity index is 1070. The molecule has 0 bridgehead atoms. The van der Waals surface area contributed by atoms with Gasteiger partial charge in [0.1, 0.15) is 5.69 Å². The molecule has 1 N–H and O–H groups in total. The third-order valence-electron chi connectivity index (χ3n) is 4.79. The molecular weight excluding hydrogens is 368 g/mol. The van der Waals surface area contributed by atoms with Crippen LogP contribution in [0.5, 0.6) is 0 Å². The second-order valence-corrected chi connectivity index (χ2v) is 6.98. The van der Waals surface area contributed by atoms with Gasteiger partial charge in [0.15, 0.2) is 0 Å². The van der Waals surface area contributed by atoms with Crippen LogP contribution in [-0.4, -0.2) is 39.1 Å². The van der Waals surface area contributed by atoms with Gasteiger partial charge in [0, 0.05) is 49.3 Å². The van der Waals surface area contributed by atoms with Crippen molar-refractivity contribution in [1.82, 2.24) is 19.3 Å². The first-order chi connectivity index (χ1) is 13.0. The minimum Gasteiger partial charge on any atom is -0.381 e. The first kappa shape index (κ1) is 17.8. The molecule has 0 atom stereocenters. The lowest BCUT2D eigenvalue weighted by Gasteiger charge is -2.22. The number of benzene rings is 1. The van der Waals surface area contributed by atoms with Crippen molar-refractivity contribution in [2.24, 2.45) is 7.05 Å². The number of rotatable bonds is 3. The van der Waals surface area contributed by atoms with Gasteiger partial charge in [0.25, 0.3) is 11.5 Å². The summed E-state index contributed by atoms with van der Waals surface area (Å²) in [5, 5.41) is 3.51. The van der Waals surface area contributed by atoms with Crippen molar-refractivity contribution in [3.8, 4) is 11.3 Å². The number of nitrogens with zero attached hydrogens (tertiary/aromatic N) is 3. The number of ether oxygens (including phenoxy) is 1. The highest BCUT2D eigenvalue weighted by molar-refractivity contribution is 6.33. The number of amides is 1. The van der Waals surface area contributed by atoms with Gasteiger partial charge in [0.2, 0.25) is 5.65 Å². The van der Waals surface area contributed by atoms with E-state index in [0.717, 1.165) is 18.4 Å². The number of aromatic nitrogens is 3. The lowest BCUT2D eigenvalue weighted by Crippen LogP contribution is -2.39. The van der Waals surface area contributed by atoms with E-state index >= 15 is 0 Å². The fraction of sp³-hybridized carbons (Fsp3) is 0.316.